The van der Waals surface area contributed by atoms with E-state index in [1.165, 1.54) is 38.5 Å². The molecule has 1 fully saturated rings. The third kappa shape index (κ3) is 14.6. The van der Waals surface area contributed by atoms with Crippen molar-refractivity contribution in [2.45, 2.75) is 107 Å². The number of aromatic nitrogens is 3. The zero-order valence-electron chi connectivity index (χ0n) is 27.5. The van der Waals surface area contributed by atoms with Crippen LogP contribution in [0.15, 0.2) is 74.0 Å². The van der Waals surface area contributed by atoms with Gasteiger partial charge in [-0.15, -0.1) is 0 Å². The molecule has 3 aromatic heterocycles. The second-order valence-electron chi connectivity index (χ2n) is 9.27. The lowest BCUT2D eigenvalue weighted by Gasteiger charge is -2.15. The van der Waals surface area contributed by atoms with Crippen LogP contribution in [-0.2, 0) is 6.42 Å². The maximum Gasteiger partial charge on any atom is 0.130 e. The van der Waals surface area contributed by atoms with Gasteiger partial charge in [0.1, 0.15) is 5.82 Å². The van der Waals surface area contributed by atoms with Gasteiger partial charge in [0.2, 0.25) is 0 Å². The number of anilines is 2. The lowest BCUT2D eigenvalue weighted by Crippen LogP contribution is -2.04. The third-order valence-electron chi connectivity index (χ3n) is 6.07. The molecule has 0 aromatic carbocycles. The third-order valence-corrected chi connectivity index (χ3v) is 6.07. The second-order valence-corrected chi connectivity index (χ2v) is 9.27. The summed E-state index contributed by atoms with van der Waals surface area (Å²) in [6.45, 7) is 27.1. The van der Waals surface area contributed by atoms with Crippen LogP contribution in [0.2, 0.25) is 0 Å². The van der Waals surface area contributed by atoms with Crippen molar-refractivity contribution >= 4 is 17.2 Å². The first-order chi connectivity index (χ1) is 20.0. The molecule has 41 heavy (non-hydrogen) atoms. The highest BCUT2D eigenvalue weighted by molar-refractivity contribution is 5.85. The highest BCUT2D eigenvalue weighted by Gasteiger charge is 2.24. The lowest BCUT2D eigenvalue weighted by molar-refractivity contribution is 0.886. The van der Waals surface area contributed by atoms with Crippen molar-refractivity contribution in [1.29, 1.82) is 0 Å². The molecule has 1 saturated carbocycles. The molecule has 1 aliphatic rings. The predicted molar refractivity (Wildman–Crippen MR) is 183 cm³/mol. The van der Waals surface area contributed by atoms with E-state index in [9.17, 15) is 0 Å². The van der Waals surface area contributed by atoms with Gasteiger partial charge in [0.15, 0.2) is 0 Å². The number of rotatable bonds is 10. The van der Waals surface area contributed by atoms with Gasteiger partial charge >= 0.3 is 0 Å². The molecule has 5 heteroatoms. The Balaban J connectivity index is 0.00000115. The molecule has 3 aromatic rings. The molecule has 4 rings (SSSR count). The van der Waals surface area contributed by atoms with Gasteiger partial charge in [-0.2, -0.15) is 0 Å². The largest absolute Gasteiger partial charge is 0.354 e. The summed E-state index contributed by atoms with van der Waals surface area (Å²) in [4.78, 5) is 13.2. The van der Waals surface area contributed by atoms with Crippen LogP contribution >= 0.6 is 0 Å². The van der Waals surface area contributed by atoms with E-state index in [-0.39, 0.29) is 0 Å². The zero-order chi connectivity index (χ0) is 31.0. The molecule has 0 radical (unpaired) electrons. The average Bonchev–Trinajstić information content (AvgIpc) is 3.90. The molecule has 226 valence electrons. The summed E-state index contributed by atoms with van der Waals surface area (Å²) in [6, 6.07) is 10.1. The smallest absolute Gasteiger partial charge is 0.130 e. The fourth-order valence-electron chi connectivity index (χ4n) is 3.16. The minimum atomic E-state index is 0.576. The molecular formula is C36H57N5. The van der Waals surface area contributed by atoms with Crippen molar-refractivity contribution in [3.63, 3.8) is 0 Å². The lowest BCUT2D eigenvalue weighted by atomic mass is 10.1. The van der Waals surface area contributed by atoms with Crippen LogP contribution in [0.1, 0.15) is 112 Å². The monoisotopic (exact) mass is 559 g/mol. The SMILES string of the molecule is C=C(Nc1cnccc1-c1ccc(CC)nc1)c1ccnc(NC(=C)C2CC2)c1.CC.CC.CCCC.CCCC. The number of hydrogen-bond acceptors (Lipinski definition) is 5. The first-order valence-electron chi connectivity index (χ1n) is 15.7. The Morgan fingerprint density at radius 1 is 0.780 bits per heavy atom. The standard InChI is InChI=1S/C24H25N5.2C4H10.2C2H6/c1-4-21-8-7-20(14-27-21)22-10-11-25-15-23(22)28-17(3)19-9-12-26-24(13-19)29-16(2)18-5-6-18;2*1-3-4-2;2*1-2/h7-15,18,28H,2-6H2,1H3,(H,26,29);2*3-4H2,1-2H3;2*1-2H3. The van der Waals surface area contributed by atoms with Crippen LogP contribution in [-0.4, -0.2) is 15.0 Å². The summed E-state index contributed by atoms with van der Waals surface area (Å²) in [5, 5.41) is 6.72. The van der Waals surface area contributed by atoms with Crippen LogP contribution in [0.5, 0.6) is 0 Å². The van der Waals surface area contributed by atoms with Crippen LogP contribution in [0.25, 0.3) is 16.8 Å². The molecule has 2 N–H and O–H groups in total. The summed E-state index contributed by atoms with van der Waals surface area (Å²) in [5.41, 5.74) is 6.80. The van der Waals surface area contributed by atoms with E-state index < -0.39 is 0 Å². The van der Waals surface area contributed by atoms with Crippen LogP contribution < -0.4 is 10.6 Å². The maximum absolute atomic E-state index is 4.51. The van der Waals surface area contributed by atoms with E-state index in [4.69, 9.17) is 0 Å². The van der Waals surface area contributed by atoms with E-state index in [0.29, 0.717) is 5.92 Å². The molecule has 0 unspecified atom stereocenters. The number of allylic oxidation sites excluding steroid dienone is 1. The normalized spacial score (nSPS) is 11.0. The van der Waals surface area contributed by atoms with Crippen molar-refractivity contribution in [3.8, 4) is 11.1 Å². The van der Waals surface area contributed by atoms with Crippen LogP contribution in [0.3, 0.4) is 0 Å². The van der Waals surface area contributed by atoms with E-state index in [1.807, 2.05) is 58.3 Å². The van der Waals surface area contributed by atoms with Crippen molar-refractivity contribution in [1.82, 2.24) is 15.0 Å². The second kappa shape index (κ2) is 23.3. The predicted octanol–water partition coefficient (Wildman–Crippen LogP) is 11.2. The Morgan fingerprint density at radius 2 is 1.41 bits per heavy atom. The Morgan fingerprint density at radius 3 is 1.93 bits per heavy atom. The first kappa shape index (κ1) is 37.5. The fraction of sp³-hybridized carbons (Fsp3) is 0.472. The number of nitrogens with one attached hydrogen (secondary N) is 2. The van der Waals surface area contributed by atoms with E-state index in [1.54, 1.807) is 12.4 Å². The van der Waals surface area contributed by atoms with Crippen molar-refractivity contribution < 1.29 is 0 Å². The van der Waals surface area contributed by atoms with Gasteiger partial charge in [-0.3, -0.25) is 9.97 Å². The Labute approximate surface area is 252 Å². The number of unbranched alkanes of at least 4 members (excludes halogenated alkanes) is 2. The topological polar surface area (TPSA) is 62.7 Å². The summed E-state index contributed by atoms with van der Waals surface area (Å²) < 4.78 is 0. The van der Waals surface area contributed by atoms with Gasteiger partial charge in [0.05, 0.1) is 11.9 Å². The summed E-state index contributed by atoms with van der Waals surface area (Å²) in [6.07, 6.45) is 15.9. The van der Waals surface area contributed by atoms with Crippen LogP contribution in [0, 0.1) is 5.92 Å². The quantitative estimate of drug-likeness (QED) is 0.259. The van der Waals surface area contributed by atoms with E-state index in [0.717, 1.165) is 51.7 Å². The highest BCUT2D eigenvalue weighted by atomic mass is 15.0. The van der Waals surface area contributed by atoms with Crippen molar-refractivity contribution in [2.24, 2.45) is 5.92 Å². The fourth-order valence-corrected chi connectivity index (χ4v) is 3.16. The van der Waals surface area contributed by atoms with Gasteiger partial charge in [0, 0.05) is 52.4 Å². The summed E-state index contributed by atoms with van der Waals surface area (Å²) in [5.74, 6) is 1.36. The highest BCUT2D eigenvalue weighted by Crippen LogP contribution is 2.36. The van der Waals surface area contributed by atoms with Crippen LogP contribution in [0.4, 0.5) is 11.5 Å². The molecular weight excluding hydrogens is 502 g/mol. The molecule has 1 aliphatic carbocycles. The Kier molecular flexibility index (Phi) is 21.3. The van der Waals surface area contributed by atoms with Gasteiger partial charge in [-0.05, 0) is 49.4 Å². The molecule has 0 spiro atoms. The van der Waals surface area contributed by atoms with Gasteiger partial charge < -0.3 is 10.6 Å². The van der Waals surface area contributed by atoms with Gasteiger partial charge in [-0.25, -0.2) is 4.98 Å². The zero-order valence-corrected chi connectivity index (χ0v) is 27.5. The maximum atomic E-state index is 4.51. The molecule has 5 nitrogen and oxygen atoms in total. The first-order valence-corrected chi connectivity index (χ1v) is 15.7. The number of pyridine rings is 3. The number of nitrogens with zero attached hydrogens (tertiary/aromatic N) is 3. The van der Waals surface area contributed by atoms with E-state index >= 15 is 0 Å². The van der Waals surface area contributed by atoms with E-state index in [2.05, 4.69) is 85.5 Å². The average molecular weight is 560 g/mol. The molecule has 0 bridgehead atoms. The molecule has 0 saturated heterocycles. The Bertz CT molecular complexity index is 1090. The summed E-state index contributed by atoms with van der Waals surface area (Å²) in [7, 11) is 0. The Hall–Kier alpha value is -3.47. The molecule has 0 aliphatic heterocycles. The minimum absolute atomic E-state index is 0.576. The number of hydrogen-bond donors (Lipinski definition) is 2. The van der Waals surface area contributed by atoms with Crippen molar-refractivity contribution in [3.05, 3.63) is 85.2 Å². The molecule has 3 heterocycles. The molecule has 0 amide bonds. The van der Waals surface area contributed by atoms with Gasteiger partial charge in [-0.1, -0.05) is 107 Å². The minimum Gasteiger partial charge on any atom is -0.354 e. The number of aryl methyl sites for hydroxylation is 1. The van der Waals surface area contributed by atoms with Crippen molar-refractivity contribution in [2.75, 3.05) is 10.6 Å². The summed E-state index contributed by atoms with van der Waals surface area (Å²) >= 11 is 0. The van der Waals surface area contributed by atoms with Gasteiger partial charge in [0.25, 0.3) is 0 Å². The molecule has 0 atom stereocenters.